The van der Waals surface area contributed by atoms with Crippen LogP contribution in [0, 0.1) is 12.7 Å². The molecule has 0 saturated carbocycles. The number of aromatic nitrogens is 3. The molecule has 3 heterocycles. The third-order valence-corrected chi connectivity index (χ3v) is 4.67. The summed E-state index contributed by atoms with van der Waals surface area (Å²) in [5.41, 5.74) is 2.34. The van der Waals surface area contributed by atoms with Gasteiger partial charge in [-0.3, -0.25) is 4.79 Å². The Labute approximate surface area is 146 Å². The van der Waals surface area contributed by atoms with E-state index in [2.05, 4.69) is 20.3 Å². The van der Waals surface area contributed by atoms with E-state index in [0.29, 0.717) is 11.6 Å². The van der Waals surface area contributed by atoms with Crippen LogP contribution in [0.4, 0.5) is 16.0 Å². The lowest BCUT2D eigenvalue weighted by Crippen LogP contribution is -2.08. The lowest BCUT2D eigenvalue weighted by atomic mass is 10.2. The van der Waals surface area contributed by atoms with Crippen LogP contribution in [0.5, 0.6) is 0 Å². The van der Waals surface area contributed by atoms with Gasteiger partial charge in [0, 0.05) is 23.9 Å². The van der Waals surface area contributed by atoms with Gasteiger partial charge in [-0.25, -0.2) is 14.4 Å². The molecule has 0 unspecified atom stereocenters. The number of fused-ring (bicyclic) bond motifs is 1. The predicted molar refractivity (Wildman–Crippen MR) is 97.9 cm³/mol. The maximum absolute atomic E-state index is 13.1. The number of anilines is 2. The van der Waals surface area contributed by atoms with E-state index in [1.54, 1.807) is 18.3 Å². The molecule has 0 aliphatic heterocycles. The summed E-state index contributed by atoms with van der Waals surface area (Å²) in [6.07, 6.45) is 1.73. The third-order valence-electron chi connectivity index (χ3n) is 3.62. The molecule has 0 fully saturated rings. The summed E-state index contributed by atoms with van der Waals surface area (Å²) >= 11 is 1.49. The van der Waals surface area contributed by atoms with Crippen LogP contribution in [0.2, 0.25) is 0 Å². The Kier molecular flexibility index (Phi) is 3.77. The number of rotatable bonds is 3. The summed E-state index contributed by atoms with van der Waals surface area (Å²) in [5.74, 6) is 0.890. The molecule has 0 spiro atoms. The smallest absolute Gasteiger partial charge is 0.249 e. The minimum absolute atomic E-state index is 0.171. The van der Waals surface area contributed by atoms with Crippen LogP contribution in [0.15, 0.2) is 53.5 Å². The highest BCUT2D eigenvalue weighted by Crippen LogP contribution is 2.31. The van der Waals surface area contributed by atoms with Gasteiger partial charge in [-0.05, 0) is 42.8 Å². The summed E-state index contributed by atoms with van der Waals surface area (Å²) in [5, 5.41) is 3.89. The number of thiazole rings is 1. The summed E-state index contributed by atoms with van der Waals surface area (Å²) in [7, 11) is 0. The maximum atomic E-state index is 13.1. The fraction of sp³-hybridized carbons (Fsp3) is 0.0556. The van der Waals surface area contributed by atoms with Crippen molar-refractivity contribution in [3.05, 3.63) is 70.4 Å². The summed E-state index contributed by atoms with van der Waals surface area (Å²) in [4.78, 5) is 23.2. The molecule has 7 heteroatoms. The van der Waals surface area contributed by atoms with Gasteiger partial charge in [-0.1, -0.05) is 0 Å². The number of nitrogens with zero attached hydrogens (tertiary/aromatic N) is 2. The summed E-state index contributed by atoms with van der Waals surface area (Å²) in [6.45, 7) is 1.85. The minimum atomic E-state index is -0.273. The van der Waals surface area contributed by atoms with E-state index in [1.807, 2.05) is 19.1 Å². The molecule has 0 atom stereocenters. The second-order valence-corrected chi connectivity index (χ2v) is 6.65. The van der Waals surface area contributed by atoms with Crippen LogP contribution in [-0.2, 0) is 0 Å². The monoisotopic (exact) mass is 352 g/mol. The fourth-order valence-electron chi connectivity index (χ4n) is 2.51. The van der Waals surface area contributed by atoms with Crippen molar-refractivity contribution in [2.24, 2.45) is 0 Å². The van der Waals surface area contributed by atoms with Gasteiger partial charge in [-0.15, -0.1) is 11.3 Å². The Morgan fingerprint density at radius 2 is 1.96 bits per heavy atom. The molecule has 4 aromatic rings. The average molecular weight is 352 g/mol. The first-order valence-corrected chi connectivity index (χ1v) is 8.39. The van der Waals surface area contributed by atoms with E-state index in [9.17, 15) is 9.18 Å². The van der Waals surface area contributed by atoms with Crippen molar-refractivity contribution in [2.75, 3.05) is 5.32 Å². The topological polar surface area (TPSA) is 70.7 Å². The molecule has 25 heavy (non-hydrogen) atoms. The molecule has 3 aromatic heterocycles. The fourth-order valence-corrected chi connectivity index (χ4v) is 3.43. The van der Waals surface area contributed by atoms with Crippen LogP contribution in [-0.4, -0.2) is 15.0 Å². The SMILES string of the molecule is Cc1cc(Nc2cc3nc(-c4ccc(F)cc4)sc3cn2)[nH]c(=O)c1. The zero-order valence-corrected chi connectivity index (χ0v) is 14.0. The molecular weight excluding hydrogens is 339 g/mol. The standard InChI is InChI=1S/C18H13FN4OS/c1-10-6-16(23-17(24)7-10)22-15-8-13-14(9-20-15)25-18(21-13)11-2-4-12(19)5-3-11/h2-9H,1H3,(H2,20,22,23,24). The van der Waals surface area contributed by atoms with Crippen LogP contribution in [0.1, 0.15) is 5.56 Å². The van der Waals surface area contributed by atoms with Crippen molar-refractivity contribution < 1.29 is 4.39 Å². The zero-order valence-electron chi connectivity index (χ0n) is 13.2. The average Bonchev–Trinajstić information content (AvgIpc) is 2.97. The molecule has 2 N–H and O–H groups in total. The van der Waals surface area contributed by atoms with Crippen LogP contribution < -0.4 is 10.9 Å². The second kappa shape index (κ2) is 6.10. The van der Waals surface area contributed by atoms with Gasteiger partial charge >= 0.3 is 0 Å². The molecule has 0 saturated heterocycles. The van der Waals surface area contributed by atoms with Crippen molar-refractivity contribution in [3.8, 4) is 10.6 Å². The summed E-state index contributed by atoms with van der Waals surface area (Å²) < 4.78 is 14.0. The van der Waals surface area contributed by atoms with Gasteiger partial charge in [0.25, 0.3) is 0 Å². The Morgan fingerprint density at radius 1 is 1.16 bits per heavy atom. The lowest BCUT2D eigenvalue weighted by Gasteiger charge is -2.05. The molecule has 5 nitrogen and oxygen atoms in total. The van der Waals surface area contributed by atoms with Crippen molar-refractivity contribution in [2.45, 2.75) is 6.92 Å². The minimum Gasteiger partial charge on any atom is -0.326 e. The van der Waals surface area contributed by atoms with Gasteiger partial charge in [0.15, 0.2) is 0 Å². The Bertz CT molecular complexity index is 1120. The molecule has 0 aliphatic carbocycles. The van der Waals surface area contributed by atoms with Crippen LogP contribution >= 0.6 is 11.3 Å². The molecule has 124 valence electrons. The highest BCUT2D eigenvalue weighted by Gasteiger charge is 2.08. The molecular formula is C18H13FN4OS. The number of halogens is 1. The first kappa shape index (κ1) is 15.5. The maximum Gasteiger partial charge on any atom is 0.249 e. The molecule has 1 aromatic carbocycles. The lowest BCUT2D eigenvalue weighted by molar-refractivity contribution is 0.628. The molecule has 0 aliphatic rings. The van der Waals surface area contributed by atoms with E-state index in [4.69, 9.17) is 0 Å². The van der Waals surface area contributed by atoms with Gasteiger partial charge < -0.3 is 10.3 Å². The third kappa shape index (κ3) is 3.27. The van der Waals surface area contributed by atoms with Crippen LogP contribution in [0.3, 0.4) is 0 Å². The Hall–Kier alpha value is -3.06. The van der Waals surface area contributed by atoms with E-state index >= 15 is 0 Å². The largest absolute Gasteiger partial charge is 0.326 e. The van der Waals surface area contributed by atoms with Crippen molar-refractivity contribution in [3.63, 3.8) is 0 Å². The molecule has 0 amide bonds. The number of pyridine rings is 2. The van der Waals surface area contributed by atoms with Gasteiger partial charge in [0.1, 0.15) is 22.5 Å². The highest BCUT2D eigenvalue weighted by atomic mass is 32.1. The highest BCUT2D eigenvalue weighted by molar-refractivity contribution is 7.21. The first-order chi connectivity index (χ1) is 12.1. The van der Waals surface area contributed by atoms with E-state index in [0.717, 1.165) is 26.4 Å². The van der Waals surface area contributed by atoms with Crippen molar-refractivity contribution in [1.82, 2.24) is 15.0 Å². The number of nitrogens with one attached hydrogen (secondary N) is 2. The number of hydrogen-bond acceptors (Lipinski definition) is 5. The first-order valence-electron chi connectivity index (χ1n) is 7.57. The molecule has 0 radical (unpaired) electrons. The molecule has 4 rings (SSSR count). The number of aromatic amines is 1. The Morgan fingerprint density at radius 3 is 2.72 bits per heavy atom. The van der Waals surface area contributed by atoms with E-state index in [-0.39, 0.29) is 11.4 Å². The molecule has 0 bridgehead atoms. The van der Waals surface area contributed by atoms with E-state index < -0.39 is 0 Å². The second-order valence-electron chi connectivity index (χ2n) is 5.62. The van der Waals surface area contributed by atoms with Crippen molar-refractivity contribution in [1.29, 1.82) is 0 Å². The number of aryl methyl sites for hydroxylation is 1. The van der Waals surface area contributed by atoms with E-state index in [1.165, 1.54) is 29.5 Å². The Balaban J connectivity index is 1.68. The number of H-pyrrole nitrogens is 1. The quantitative estimate of drug-likeness (QED) is 0.579. The summed E-state index contributed by atoms with van der Waals surface area (Å²) in [6, 6.07) is 11.4. The van der Waals surface area contributed by atoms with Crippen LogP contribution in [0.25, 0.3) is 20.8 Å². The zero-order chi connectivity index (χ0) is 17.4. The number of benzene rings is 1. The van der Waals surface area contributed by atoms with Gasteiger partial charge in [-0.2, -0.15) is 0 Å². The van der Waals surface area contributed by atoms with Gasteiger partial charge in [0.05, 0.1) is 10.2 Å². The number of hydrogen-bond donors (Lipinski definition) is 2. The normalized spacial score (nSPS) is 11.0. The van der Waals surface area contributed by atoms with Gasteiger partial charge in [0.2, 0.25) is 5.56 Å². The predicted octanol–water partition coefficient (Wildman–Crippen LogP) is 4.24. The van der Waals surface area contributed by atoms with Crippen molar-refractivity contribution >= 4 is 33.2 Å².